The first-order valence-electron chi connectivity index (χ1n) is 9.16. The summed E-state index contributed by atoms with van der Waals surface area (Å²) in [5.74, 6) is 0.718. The minimum absolute atomic E-state index is 0.0264. The number of fused-ring (bicyclic) bond motifs is 1. The van der Waals surface area contributed by atoms with Crippen LogP contribution in [0.1, 0.15) is 48.0 Å². The van der Waals surface area contributed by atoms with Crippen molar-refractivity contribution in [3.05, 3.63) is 63.8 Å². The fraction of sp³-hybridized carbons (Fsp3) is 0.273. The van der Waals surface area contributed by atoms with Crippen molar-refractivity contribution in [2.45, 2.75) is 32.1 Å². The molecule has 0 atom stereocenters. The van der Waals surface area contributed by atoms with E-state index in [1.54, 1.807) is 24.3 Å². The van der Waals surface area contributed by atoms with Crippen molar-refractivity contribution in [2.75, 3.05) is 0 Å². The molecule has 2 aromatic carbocycles. The molecule has 0 aromatic heterocycles. The molecule has 1 heterocycles. The van der Waals surface area contributed by atoms with E-state index in [0.29, 0.717) is 17.1 Å². The van der Waals surface area contributed by atoms with Crippen LogP contribution < -0.4 is 9.47 Å². The van der Waals surface area contributed by atoms with Crippen LogP contribution in [-0.2, 0) is 4.79 Å². The van der Waals surface area contributed by atoms with Gasteiger partial charge in [-0.25, -0.2) is 0 Å². The average Bonchev–Trinajstić information content (AvgIpc) is 2.97. The third kappa shape index (κ3) is 3.98. The summed E-state index contributed by atoms with van der Waals surface area (Å²) >= 11 is 3.42. The minimum atomic E-state index is -0.191. The summed E-state index contributed by atoms with van der Waals surface area (Å²) in [6.45, 7) is 0. The molecule has 2 aliphatic rings. The predicted octanol–water partition coefficient (Wildman–Crippen LogP) is 5.55. The molecule has 0 unspecified atom stereocenters. The van der Waals surface area contributed by atoms with Gasteiger partial charge in [0.25, 0.3) is 0 Å². The van der Waals surface area contributed by atoms with Gasteiger partial charge >= 0.3 is 5.97 Å². The van der Waals surface area contributed by atoms with Crippen LogP contribution in [-0.4, -0.2) is 11.8 Å². The highest BCUT2D eigenvalue weighted by Crippen LogP contribution is 2.35. The number of benzene rings is 2. The van der Waals surface area contributed by atoms with Crippen molar-refractivity contribution >= 4 is 33.8 Å². The first-order chi connectivity index (χ1) is 13.1. The van der Waals surface area contributed by atoms with Gasteiger partial charge in [-0.3, -0.25) is 9.59 Å². The fourth-order valence-electron chi connectivity index (χ4n) is 3.52. The Bertz CT molecular complexity index is 926. The molecule has 2 aromatic rings. The summed E-state index contributed by atoms with van der Waals surface area (Å²) in [5, 5.41) is 0. The van der Waals surface area contributed by atoms with E-state index in [9.17, 15) is 9.59 Å². The summed E-state index contributed by atoms with van der Waals surface area (Å²) in [4.78, 5) is 24.9. The maximum absolute atomic E-state index is 12.6. The molecule has 4 nitrogen and oxygen atoms in total. The number of hydrogen-bond donors (Lipinski definition) is 0. The van der Waals surface area contributed by atoms with Crippen LogP contribution in [0.4, 0.5) is 0 Å². The maximum Gasteiger partial charge on any atom is 0.314 e. The Labute approximate surface area is 166 Å². The number of ether oxygens (including phenoxy) is 2. The number of carbonyl (C=O) groups excluding carboxylic acids is 2. The normalized spacial score (nSPS) is 18.3. The van der Waals surface area contributed by atoms with Gasteiger partial charge in [-0.2, -0.15) is 0 Å². The highest BCUT2D eigenvalue weighted by Gasteiger charge is 2.29. The van der Waals surface area contributed by atoms with Crippen LogP contribution in [0.15, 0.2) is 52.7 Å². The van der Waals surface area contributed by atoms with E-state index >= 15 is 0 Å². The molecule has 0 bridgehead atoms. The van der Waals surface area contributed by atoms with Gasteiger partial charge in [0.2, 0.25) is 5.78 Å². The van der Waals surface area contributed by atoms with Crippen molar-refractivity contribution in [1.82, 2.24) is 0 Å². The van der Waals surface area contributed by atoms with E-state index in [0.717, 1.165) is 35.7 Å². The van der Waals surface area contributed by atoms with E-state index in [2.05, 4.69) is 15.9 Å². The lowest BCUT2D eigenvalue weighted by Crippen LogP contribution is -2.22. The van der Waals surface area contributed by atoms with Crippen molar-refractivity contribution < 1.29 is 19.1 Å². The summed E-state index contributed by atoms with van der Waals surface area (Å²) in [6, 6.07) is 12.5. The van der Waals surface area contributed by atoms with E-state index < -0.39 is 0 Å². The van der Waals surface area contributed by atoms with E-state index in [1.165, 1.54) is 6.42 Å². The zero-order chi connectivity index (χ0) is 18.8. The molecule has 27 heavy (non-hydrogen) atoms. The van der Waals surface area contributed by atoms with Gasteiger partial charge in [0.15, 0.2) is 5.76 Å². The predicted molar refractivity (Wildman–Crippen MR) is 106 cm³/mol. The molecule has 1 aliphatic carbocycles. The molecule has 0 radical (unpaired) electrons. The highest BCUT2D eigenvalue weighted by atomic mass is 79.9. The maximum atomic E-state index is 12.6. The van der Waals surface area contributed by atoms with E-state index in [-0.39, 0.29) is 23.4 Å². The molecule has 0 spiro atoms. The van der Waals surface area contributed by atoms with Crippen LogP contribution in [0.5, 0.6) is 11.5 Å². The summed E-state index contributed by atoms with van der Waals surface area (Å²) in [5.41, 5.74) is 1.35. The van der Waals surface area contributed by atoms with Crippen molar-refractivity contribution in [1.29, 1.82) is 0 Å². The van der Waals surface area contributed by atoms with Crippen LogP contribution in [0.3, 0.4) is 0 Å². The lowest BCUT2D eigenvalue weighted by molar-refractivity contribution is -0.139. The van der Waals surface area contributed by atoms with E-state index in [1.807, 2.05) is 24.3 Å². The summed E-state index contributed by atoms with van der Waals surface area (Å²) in [7, 11) is 0. The number of esters is 1. The Kier molecular flexibility index (Phi) is 5.12. The average molecular weight is 427 g/mol. The molecule has 138 valence electrons. The molecule has 0 saturated heterocycles. The molecular formula is C22H19BrO4. The number of halogens is 1. The Morgan fingerprint density at radius 2 is 1.93 bits per heavy atom. The zero-order valence-corrected chi connectivity index (χ0v) is 16.3. The summed E-state index contributed by atoms with van der Waals surface area (Å²) < 4.78 is 12.2. The second-order valence-electron chi connectivity index (χ2n) is 6.91. The molecule has 1 saturated carbocycles. The Hall–Kier alpha value is -2.40. The monoisotopic (exact) mass is 426 g/mol. The van der Waals surface area contributed by atoms with Gasteiger partial charge in [0.05, 0.1) is 11.5 Å². The minimum Gasteiger partial charge on any atom is -0.452 e. The Morgan fingerprint density at radius 3 is 2.70 bits per heavy atom. The van der Waals surface area contributed by atoms with Crippen LogP contribution in [0.25, 0.3) is 6.08 Å². The standard InChI is InChI=1S/C22H19BrO4/c23-16-8-4-5-14(11-16)12-20-21(24)18-10-9-17(13-19(18)27-20)26-22(25)15-6-2-1-3-7-15/h4-5,8-13,15H,1-3,6-7H2/b20-12-. The van der Waals surface area contributed by atoms with Gasteiger partial charge in [0.1, 0.15) is 11.5 Å². The van der Waals surface area contributed by atoms with Gasteiger partial charge in [-0.15, -0.1) is 0 Å². The smallest absolute Gasteiger partial charge is 0.314 e. The Balaban J connectivity index is 1.51. The molecule has 5 heteroatoms. The molecule has 1 aliphatic heterocycles. The SMILES string of the molecule is O=C1/C(=C/c2cccc(Br)c2)Oc2cc(OC(=O)C3CCCCC3)ccc21. The molecule has 0 amide bonds. The van der Waals surface area contributed by atoms with Gasteiger partial charge in [0, 0.05) is 10.5 Å². The summed E-state index contributed by atoms with van der Waals surface area (Å²) in [6.07, 6.45) is 6.82. The van der Waals surface area contributed by atoms with Crippen molar-refractivity contribution in [2.24, 2.45) is 5.92 Å². The van der Waals surface area contributed by atoms with E-state index in [4.69, 9.17) is 9.47 Å². The van der Waals surface area contributed by atoms with Gasteiger partial charge in [-0.05, 0) is 48.7 Å². The number of allylic oxidation sites excluding steroid dienone is 1. The molecule has 0 N–H and O–H groups in total. The number of carbonyl (C=O) groups is 2. The quantitative estimate of drug-likeness (QED) is 0.366. The van der Waals surface area contributed by atoms with Gasteiger partial charge in [-0.1, -0.05) is 47.3 Å². The largest absolute Gasteiger partial charge is 0.452 e. The van der Waals surface area contributed by atoms with Crippen molar-refractivity contribution in [3.63, 3.8) is 0 Å². The third-order valence-corrected chi connectivity index (χ3v) is 5.44. The van der Waals surface area contributed by atoms with Crippen LogP contribution in [0.2, 0.25) is 0 Å². The Morgan fingerprint density at radius 1 is 1.11 bits per heavy atom. The molecular weight excluding hydrogens is 408 g/mol. The fourth-order valence-corrected chi connectivity index (χ4v) is 3.93. The third-order valence-electron chi connectivity index (χ3n) is 4.94. The van der Waals surface area contributed by atoms with Crippen LogP contribution >= 0.6 is 15.9 Å². The number of hydrogen-bond acceptors (Lipinski definition) is 4. The second kappa shape index (κ2) is 7.69. The topological polar surface area (TPSA) is 52.6 Å². The lowest BCUT2D eigenvalue weighted by Gasteiger charge is -2.19. The lowest BCUT2D eigenvalue weighted by atomic mass is 9.89. The van der Waals surface area contributed by atoms with Crippen molar-refractivity contribution in [3.8, 4) is 11.5 Å². The number of Topliss-reactive ketones (excluding diaryl/α,β-unsaturated/α-hetero) is 1. The number of rotatable bonds is 3. The zero-order valence-electron chi connectivity index (χ0n) is 14.7. The first kappa shape index (κ1) is 18.0. The van der Waals surface area contributed by atoms with Gasteiger partial charge < -0.3 is 9.47 Å². The molecule has 1 fully saturated rings. The van der Waals surface area contributed by atoms with Crippen LogP contribution in [0, 0.1) is 5.92 Å². The second-order valence-corrected chi connectivity index (χ2v) is 7.82. The first-order valence-corrected chi connectivity index (χ1v) is 9.95. The highest BCUT2D eigenvalue weighted by molar-refractivity contribution is 9.10. The number of ketones is 1. The molecule has 4 rings (SSSR count).